The van der Waals surface area contributed by atoms with E-state index in [1.54, 1.807) is 39.5 Å². The Balaban J connectivity index is 1.75. The largest absolute Gasteiger partial charge is 0.497 e. The number of amides is 1. The molecule has 0 heterocycles. The predicted molar refractivity (Wildman–Crippen MR) is 97.5 cm³/mol. The maximum atomic E-state index is 12.0. The molecule has 0 aromatic heterocycles. The second kappa shape index (κ2) is 9.54. The molecule has 0 saturated carbocycles. The third kappa shape index (κ3) is 5.69. The number of hydrogen-bond acceptors (Lipinski definition) is 5. The quantitative estimate of drug-likeness (QED) is 0.685. The van der Waals surface area contributed by atoms with Crippen LogP contribution in [0.15, 0.2) is 42.5 Å². The molecular weight excluding hydrogens is 320 g/mol. The van der Waals surface area contributed by atoms with Gasteiger partial charge in [0.05, 0.1) is 21.3 Å². The van der Waals surface area contributed by atoms with Gasteiger partial charge in [-0.2, -0.15) is 0 Å². The number of carbonyl (C=O) groups is 1. The molecule has 0 fully saturated rings. The summed E-state index contributed by atoms with van der Waals surface area (Å²) in [5, 5.41) is 6.10. The van der Waals surface area contributed by atoms with Crippen LogP contribution >= 0.6 is 0 Å². The number of benzene rings is 2. The topological polar surface area (TPSA) is 68.8 Å². The molecule has 0 aliphatic carbocycles. The van der Waals surface area contributed by atoms with Gasteiger partial charge in [0.25, 0.3) is 0 Å². The molecule has 0 radical (unpaired) electrons. The predicted octanol–water partition coefficient (Wildman–Crippen LogP) is 2.83. The van der Waals surface area contributed by atoms with Gasteiger partial charge in [0.1, 0.15) is 5.75 Å². The number of anilines is 1. The first-order valence-corrected chi connectivity index (χ1v) is 8.01. The normalized spacial score (nSPS) is 10.2. The number of rotatable bonds is 9. The third-order valence-electron chi connectivity index (χ3n) is 3.68. The van der Waals surface area contributed by atoms with Crippen LogP contribution in [0.25, 0.3) is 0 Å². The lowest BCUT2D eigenvalue weighted by atomic mass is 10.2. The van der Waals surface area contributed by atoms with Gasteiger partial charge in [0.2, 0.25) is 5.91 Å². The molecule has 2 rings (SSSR count). The highest BCUT2D eigenvalue weighted by atomic mass is 16.5. The third-order valence-corrected chi connectivity index (χ3v) is 3.68. The van der Waals surface area contributed by atoms with Gasteiger partial charge in [0, 0.05) is 31.3 Å². The number of nitrogens with one attached hydrogen (secondary N) is 2. The van der Waals surface area contributed by atoms with E-state index < -0.39 is 0 Å². The Hall–Kier alpha value is -2.73. The molecule has 6 nitrogen and oxygen atoms in total. The summed E-state index contributed by atoms with van der Waals surface area (Å²) in [4.78, 5) is 12.0. The molecule has 134 valence electrons. The van der Waals surface area contributed by atoms with Crippen molar-refractivity contribution in [1.82, 2.24) is 5.32 Å². The second-order valence-corrected chi connectivity index (χ2v) is 5.39. The van der Waals surface area contributed by atoms with E-state index in [4.69, 9.17) is 14.2 Å². The smallest absolute Gasteiger partial charge is 0.225 e. The highest BCUT2D eigenvalue weighted by molar-refractivity contribution is 5.91. The highest BCUT2D eigenvalue weighted by Gasteiger charge is 2.07. The zero-order valence-corrected chi connectivity index (χ0v) is 14.8. The van der Waals surface area contributed by atoms with Crippen molar-refractivity contribution in [2.24, 2.45) is 0 Å². The molecule has 6 heteroatoms. The van der Waals surface area contributed by atoms with Gasteiger partial charge >= 0.3 is 0 Å². The first kappa shape index (κ1) is 18.6. The van der Waals surface area contributed by atoms with Crippen molar-refractivity contribution in [3.8, 4) is 17.2 Å². The SMILES string of the molecule is COc1ccc(CNCCC(=O)Nc2ccc(OC)c(OC)c2)cc1. The summed E-state index contributed by atoms with van der Waals surface area (Å²) in [5.74, 6) is 1.98. The average molecular weight is 344 g/mol. The van der Waals surface area contributed by atoms with Crippen LogP contribution in [-0.2, 0) is 11.3 Å². The Morgan fingerprint density at radius 3 is 2.28 bits per heavy atom. The molecule has 2 aromatic carbocycles. The zero-order valence-electron chi connectivity index (χ0n) is 14.8. The molecule has 0 spiro atoms. The van der Waals surface area contributed by atoms with Gasteiger partial charge in [-0.1, -0.05) is 12.1 Å². The fraction of sp³-hybridized carbons (Fsp3) is 0.316. The minimum atomic E-state index is -0.0607. The molecule has 0 unspecified atom stereocenters. The Morgan fingerprint density at radius 1 is 0.920 bits per heavy atom. The van der Waals surface area contributed by atoms with Crippen molar-refractivity contribution in [3.63, 3.8) is 0 Å². The van der Waals surface area contributed by atoms with Crippen LogP contribution in [-0.4, -0.2) is 33.8 Å². The summed E-state index contributed by atoms with van der Waals surface area (Å²) in [6, 6.07) is 13.1. The van der Waals surface area contributed by atoms with Crippen LogP contribution < -0.4 is 24.8 Å². The first-order chi connectivity index (χ1) is 12.2. The van der Waals surface area contributed by atoms with Crippen LogP contribution in [0, 0.1) is 0 Å². The minimum absolute atomic E-state index is 0.0607. The first-order valence-electron chi connectivity index (χ1n) is 8.01. The number of methoxy groups -OCH3 is 3. The molecule has 0 aliphatic heterocycles. The van der Waals surface area contributed by atoms with Gasteiger partial charge in [-0.15, -0.1) is 0 Å². The summed E-state index contributed by atoms with van der Waals surface area (Å²) in [7, 11) is 4.78. The van der Waals surface area contributed by atoms with E-state index in [2.05, 4.69) is 10.6 Å². The summed E-state index contributed by atoms with van der Waals surface area (Å²) in [6.07, 6.45) is 0.379. The van der Waals surface area contributed by atoms with E-state index in [-0.39, 0.29) is 5.91 Å². The standard InChI is InChI=1S/C19H24N2O4/c1-23-16-7-4-14(5-8-16)13-20-11-10-19(22)21-15-6-9-17(24-2)18(12-15)25-3/h4-9,12,20H,10-11,13H2,1-3H3,(H,21,22). The van der Waals surface area contributed by atoms with Crippen LogP contribution in [0.2, 0.25) is 0 Å². The van der Waals surface area contributed by atoms with Gasteiger partial charge < -0.3 is 24.8 Å². The number of carbonyl (C=O) groups excluding carboxylic acids is 1. The van der Waals surface area contributed by atoms with Gasteiger partial charge in [-0.3, -0.25) is 4.79 Å². The summed E-state index contributed by atoms with van der Waals surface area (Å²) in [6.45, 7) is 1.29. The van der Waals surface area contributed by atoms with Gasteiger partial charge in [0.15, 0.2) is 11.5 Å². The Bertz CT molecular complexity index is 686. The summed E-state index contributed by atoms with van der Waals surface area (Å²) >= 11 is 0. The molecule has 1 amide bonds. The van der Waals surface area contributed by atoms with Gasteiger partial charge in [-0.25, -0.2) is 0 Å². The second-order valence-electron chi connectivity index (χ2n) is 5.39. The van der Waals surface area contributed by atoms with Crippen LogP contribution in [0.1, 0.15) is 12.0 Å². The van der Waals surface area contributed by atoms with Crippen LogP contribution in [0.4, 0.5) is 5.69 Å². The molecule has 2 N–H and O–H groups in total. The Labute approximate surface area is 148 Å². The highest BCUT2D eigenvalue weighted by Crippen LogP contribution is 2.29. The summed E-state index contributed by atoms with van der Waals surface area (Å²) in [5.41, 5.74) is 1.82. The lowest BCUT2D eigenvalue weighted by Crippen LogP contribution is -2.21. The van der Waals surface area contributed by atoms with E-state index in [0.717, 1.165) is 11.3 Å². The van der Waals surface area contributed by atoms with Crippen LogP contribution in [0.5, 0.6) is 17.2 Å². The molecule has 0 aliphatic rings. The van der Waals surface area contributed by atoms with Crippen molar-refractivity contribution in [1.29, 1.82) is 0 Å². The van der Waals surface area contributed by atoms with E-state index in [0.29, 0.717) is 36.7 Å². The lowest BCUT2D eigenvalue weighted by Gasteiger charge is -2.11. The maximum Gasteiger partial charge on any atom is 0.225 e. The van der Waals surface area contributed by atoms with E-state index in [9.17, 15) is 4.79 Å². The van der Waals surface area contributed by atoms with E-state index in [1.165, 1.54) is 0 Å². The van der Waals surface area contributed by atoms with Crippen LogP contribution in [0.3, 0.4) is 0 Å². The zero-order chi connectivity index (χ0) is 18.1. The fourth-order valence-electron chi connectivity index (χ4n) is 2.32. The molecule has 0 atom stereocenters. The molecular formula is C19H24N2O4. The Kier molecular flexibility index (Phi) is 7.10. The number of ether oxygens (including phenoxy) is 3. The van der Waals surface area contributed by atoms with Gasteiger partial charge in [-0.05, 0) is 29.8 Å². The van der Waals surface area contributed by atoms with E-state index in [1.807, 2.05) is 24.3 Å². The Morgan fingerprint density at radius 2 is 1.64 bits per heavy atom. The fourth-order valence-corrected chi connectivity index (χ4v) is 2.32. The van der Waals surface area contributed by atoms with Crippen molar-refractivity contribution in [3.05, 3.63) is 48.0 Å². The maximum absolute atomic E-state index is 12.0. The molecule has 0 saturated heterocycles. The number of hydrogen-bond donors (Lipinski definition) is 2. The molecule has 25 heavy (non-hydrogen) atoms. The monoisotopic (exact) mass is 344 g/mol. The van der Waals surface area contributed by atoms with E-state index >= 15 is 0 Å². The van der Waals surface area contributed by atoms with Crippen molar-refractivity contribution >= 4 is 11.6 Å². The lowest BCUT2D eigenvalue weighted by molar-refractivity contribution is -0.116. The average Bonchev–Trinajstić information content (AvgIpc) is 2.65. The minimum Gasteiger partial charge on any atom is -0.497 e. The summed E-state index contributed by atoms with van der Waals surface area (Å²) < 4.78 is 15.5. The van der Waals surface area contributed by atoms with Crippen molar-refractivity contribution < 1.29 is 19.0 Å². The molecule has 0 bridgehead atoms. The van der Waals surface area contributed by atoms with Crippen molar-refractivity contribution in [2.45, 2.75) is 13.0 Å². The van der Waals surface area contributed by atoms with Crippen molar-refractivity contribution in [2.75, 3.05) is 33.2 Å². The molecule has 2 aromatic rings.